The highest BCUT2D eigenvalue weighted by Crippen LogP contribution is 2.39. The Kier molecular flexibility index (Phi) is 13.4. The molecule has 1 unspecified atom stereocenters. The van der Waals surface area contributed by atoms with Crippen LogP contribution in [0, 0.1) is 0 Å². The summed E-state index contributed by atoms with van der Waals surface area (Å²) in [5.41, 5.74) is 1.70. The van der Waals surface area contributed by atoms with Gasteiger partial charge < -0.3 is 39.6 Å². The standard InChI is InChI=1S/C37H38ClN3O8S/c1-7-33(37(44)40-27-20-26(38)29(45-2)21-30(27)46-3)50-25-15-11-14-24(19-25)39-36(43)28(41-35(42)23-12-9-8-10-13-23)16-22-17-31(47-4)34(49-6)32(18-22)48-5/h8-21,33H,7H2,1-6H3,(H,39,43)(H,40,44)(H,41,42)/b28-16+. The van der Waals surface area contributed by atoms with Gasteiger partial charge in [-0.1, -0.05) is 42.8 Å². The minimum absolute atomic E-state index is 0.0379. The van der Waals surface area contributed by atoms with Gasteiger partial charge in [0, 0.05) is 22.2 Å². The first-order valence-corrected chi connectivity index (χ1v) is 16.6. The summed E-state index contributed by atoms with van der Waals surface area (Å²) in [6.07, 6.45) is 2.02. The average Bonchev–Trinajstić information content (AvgIpc) is 3.13. The topological polar surface area (TPSA) is 133 Å². The molecule has 13 heteroatoms. The Morgan fingerprint density at radius 2 is 1.42 bits per heavy atom. The molecule has 0 saturated heterocycles. The number of hydrogen-bond acceptors (Lipinski definition) is 9. The number of hydrogen-bond donors (Lipinski definition) is 3. The lowest BCUT2D eigenvalue weighted by Crippen LogP contribution is -2.30. The molecule has 0 aliphatic carbocycles. The van der Waals surface area contributed by atoms with E-state index in [9.17, 15) is 14.4 Å². The van der Waals surface area contributed by atoms with E-state index in [1.165, 1.54) is 53.4 Å². The largest absolute Gasteiger partial charge is 0.495 e. The monoisotopic (exact) mass is 719 g/mol. The first kappa shape index (κ1) is 37.5. The lowest BCUT2D eigenvalue weighted by molar-refractivity contribution is -0.116. The minimum atomic E-state index is -0.585. The predicted octanol–water partition coefficient (Wildman–Crippen LogP) is 7.30. The summed E-state index contributed by atoms with van der Waals surface area (Å²) in [5.74, 6) is 0.632. The predicted molar refractivity (Wildman–Crippen MR) is 196 cm³/mol. The Labute approximate surface area is 300 Å². The van der Waals surface area contributed by atoms with Crippen molar-refractivity contribution in [3.63, 3.8) is 0 Å². The van der Waals surface area contributed by atoms with E-state index < -0.39 is 17.1 Å². The molecule has 3 N–H and O–H groups in total. The van der Waals surface area contributed by atoms with Crippen LogP contribution >= 0.6 is 23.4 Å². The van der Waals surface area contributed by atoms with Crippen molar-refractivity contribution >= 4 is 58.5 Å². The first-order valence-electron chi connectivity index (χ1n) is 15.3. The third-order valence-electron chi connectivity index (χ3n) is 7.29. The van der Waals surface area contributed by atoms with E-state index in [-0.39, 0.29) is 11.6 Å². The van der Waals surface area contributed by atoms with Gasteiger partial charge in [-0.15, -0.1) is 11.8 Å². The van der Waals surface area contributed by atoms with Gasteiger partial charge in [0.05, 0.1) is 51.5 Å². The number of anilines is 2. The van der Waals surface area contributed by atoms with Gasteiger partial charge in [-0.25, -0.2) is 0 Å². The number of amides is 3. The van der Waals surface area contributed by atoms with Crippen molar-refractivity contribution in [2.75, 3.05) is 46.2 Å². The van der Waals surface area contributed by atoms with Gasteiger partial charge in [-0.3, -0.25) is 14.4 Å². The lowest BCUT2D eigenvalue weighted by Gasteiger charge is -2.18. The molecule has 262 valence electrons. The van der Waals surface area contributed by atoms with E-state index in [1.807, 2.05) is 13.0 Å². The maximum absolute atomic E-state index is 13.8. The molecule has 0 saturated carbocycles. The average molecular weight is 720 g/mol. The normalized spacial score (nSPS) is 11.5. The van der Waals surface area contributed by atoms with Crippen LogP contribution in [0.4, 0.5) is 11.4 Å². The molecule has 0 radical (unpaired) electrons. The number of ether oxygens (including phenoxy) is 5. The van der Waals surface area contributed by atoms with Crippen LogP contribution in [-0.4, -0.2) is 58.5 Å². The second kappa shape index (κ2) is 17.9. The molecule has 0 aliphatic heterocycles. The van der Waals surface area contributed by atoms with Crippen molar-refractivity contribution in [3.05, 3.63) is 101 Å². The minimum Gasteiger partial charge on any atom is -0.495 e. The summed E-state index contributed by atoms with van der Waals surface area (Å²) < 4.78 is 27.0. The summed E-state index contributed by atoms with van der Waals surface area (Å²) in [7, 11) is 7.44. The number of carbonyl (C=O) groups excluding carboxylic acids is 3. The summed E-state index contributed by atoms with van der Waals surface area (Å²) >= 11 is 7.62. The van der Waals surface area contributed by atoms with Crippen LogP contribution in [0.2, 0.25) is 5.02 Å². The van der Waals surface area contributed by atoms with Crippen LogP contribution in [0.5, 0.6) is 28.7 Å². The van der Waals surface area contributed by atoms with E-state index in [0.717, 1.165) is 4.90 Å². The number of thioether (sulfide) groups is 1. The van der Waals surface area contributed by atoms with Gasteiger partial charge in [-0.05, 0) is 66.6 Å². The smallest absolute Gasteiger partial charge is 0.272 e. The first-order chi connectivity index (χ1) is 24.1. The molecule has 3 amide bonds. The van der Waals surface area contributed by atoms with E-state index in [2.05, 4.69) is 16.0 Å². The van der Waals surface area contributed by atoms with Crippen LogP contribution in [0.25, 0.3) is 6.08 Å². The van der Waals surface area contributed by atoms with Gasteiger partial charge in [0.15, 0.2) is 11.5 Å². The highest BCUT2D eigenvalue weighted by atomic mass is 35.5. The Morgan fingerprint density at radius 1 is 0.760 bits per heavy atom. The van der Waals surface area contributed by atoms with Crippen LogP contribution < -0.4 is 39.6 Å². The second-order valence-electron chi connectivity index (χ2n) is 10.5. The van der Waals surface area contributed by atoms with Crippen LogP contribution in [0.1, 0.15) is 29.3 Å². The fourth-order valence-electron chi connectivity index (χ4n) is 4.80. The van der Waals surface area contributed by atoms with Crippen molar-refractivity contribution < 1.29 is 38.1 Å². The molecule has 4 aromatic rings. The number of carbonyl (C=O) groups is 3. The lowest BCUT2D eigenvalue weighted by atomic mass is 10.1. The highest BCUT2D eigenvalue weighted by molar-refractivity contribution is 8.00. The molecule has 0 aliphatic rings. The summed E-state index contributed by atoms with van der Waals surface area (Å²) in [4.78, 5) is 41.0. The quantitative estimate of drug-likeness (QED) is 0.0855. The van der Waals surface area contributed by atoms with Gasteiger partial charge in [0.25, 0.3) is 11.8 Å². The molecule has 0 aromatic heterocycles. The molecule has 1 atom stereocenters. The number of halogens is 1. The van der Waals surface area contributed by atoms with E-state index >= 15 is 0 Å². The SMILES string of the molecule is CCC(Sc1cccc(NC(=O)/C(=C\c2cc(OC)c(OC)c(OC)c2)NC(=O)c2ccccc2)c1)C(=O)Nc1cc(Cl)c(OC)cc1OC. The summed E-state index contributed by atoms with van der Waals surface area (Å²) in [6.45, 7) is 1.90. The molecule has 4 aromatic carbocycles. The molecular weight excluding hydrogens is 682 g/mol. The molecular formula is C37H38ClN3O8S. The van der Waals surface area contributed by atoms with Gasteiger partial charge in [0.2, 0.25) is 11.7 Å². The maximum atomic E-state index is 13.8. The zero-order valence-electron chi connectivity index (χ0n) is 28.4. The van der Waals surface area contributed by atoms with Crippen LogP contribution in [0.15, 0.2) is 89.5 Å². The van der Waals surface area contributed by atoms with Crippen molar-refractivity contribution in [1.29, 1.82) is 0 Å². The molecule has 0 heterocycles. The number of benzene rings is 4. The van der Waals surface area contributed by atoms with Crippen molar-refractivity contribution in [2.24, 2.45) is 0 Å². The fraction of sp³-hybridized carbons (Fsp3) is 0.216. The van der Waals surface area contributed by atoms with E-state index in [1.54, 1.807) is 72.8 Å². The number of methoxy groups -OCH3 is 5. The highest BCUT2D eigenvalue weighted by Gasteiger charge is 2.22. The molecule has 11 nitrogen and oxygen atoms in total. The molecule has 0 fully saturated rings. The number of nitrogens with one attached hydrogen (secondary N) is 3. The summed E-state index contributed by atoms with van der Waals surface area (Å²) in [5, 5.41) is 8.33. The molecule has 0 spiro atoms. The molecule has 50 heavy (non-hydrogen) atoms. The Balaban J connectivity index is 1.58. The third-order valence-corrected chi connectivity index (χ3v) is 8.95. The van der Waals surface area contributed by atoms with Crippen molar-refractivity contribution in [1.82, 2.24) is 5.32 Å². The van der Waals surface area contributed by atoms with E-state index in [0.29, 0.717) is 62.7 Å². The number of rotatable bonds is 15. The Hall–Kier alpha value is -5.33. The van der Waals surface area contributed by atoms with Crippen LogP contribution in [-0.2, 0) is 9.59 Å². The van der Waals surface area contributed by atoms with Gasteiger partial charge >= 0.3 is 0 Å². The maximum Gasteiger partial charge on any atom is 0.272 e. The van der Waals surface area contributed by atoms with Crippen molar-refractivity contribution in [3.8, 4) is 28.7 Å². The van der Waals surface area contributed by atoms with Gasteiger partial charge in [0.1, 0.15) is 17.2 Å². The van der Waals surface area contributed by atoms with Crippen molar-refractivity contribution in [2.45, 2.75) is 23.5 Å². The fourth-order valence-corrected chi connectivity index (χ4v) is 6.05. The zero-order valence-corrected chi connectivity index (χ0v) is 30.0. The van der Waals surface area contributed by atoms with E-state index in [4.69, 9.17) is 35.3 Å². The Morgan fingerprint density at radius 3 is 2.02 bits per heavy atom. The van der Waals surface area contributed by atoms with Crippen LogP contribution in [0.3, 0.4) is 0 Å². The zero-order chi connectivity index (χ0) is 36.2. The Bertz CT molecular complexity index is 1840. The summed E-state index contributed by atoms with van der Waals surface area (Å²) in [6, 6.07) is 22.1. The molecule has 0 bridgehead atoms. The third kappa shape index (κ3) is 9.42. The molecule has 4 rings (SSSR count). The second-order valence-corrected chi connectivity index (χ2v) is 12.2. The van der Waals surface area contributed by atoms with Gasteiger partial charge in [-0.2, -0.15) is 0 Å².